The number of ketones is 3. The average Bonchev–Trinajstić information content (AvgIpc) is 3.21. The van der Waals surface area contributed by atoms with Crippen molar-refractivity contribution in [3.05, 3.63) is 71.8 Å². The summed E-state index contributed by atoms with van der Waals surface area (Å²) < 4.78 is 12.1. The summed E-state index contributed by atoms with van der Waals surface area (Å²) in [7, 11) is 1.48. The number of nitrogens with zero attached hydrogens (tertiary/aromatic N) is 4. The van der Waals surface area contributed by atoms with Gasteiger partial charge in [-0.15, -0.1) is 0 Å². The second-order valence-corrected chi connectivity index (χ2v) is 13.2. The predicted molar refractivity (Wildman–Crippen MR) is 210 cm³/mol. The highest BCUT2D eigenvalue weighted by atomic mass is 16.5. The van der Waals surface area contributed by atoms with Gasteiger partial charge in [-0.05, 0) is 54.8 Å². The second kappa shape index (κ2) is 22.7. The first kappa shape index (κ1) is 44.8. The molecular formula is C41H54N8O7. The minimum atomic E-state index is -1.21. The van der Waals surface area contributed by atoms with Crippen molar-refractivity contribution in [2.45, 2.75) is 71.4 Å². The van der Waals surface area contributed by atoms with Crippen LogP contribution in [-0.2, 0) is 25.6 Å². The third kappa shape index (κ3) is 12.0. The van der Waals surface area contributed by atoms with Crippen molar-refractivity contribution in [2.75, 3.05) is 39.9 Å². The fourth-order valence-corrected chi connectivity index (χ4v) is 6.43. The molecule has 0 radical (unpaired) electrons. The number of hydrogen-bond acceptors (Lipinski definition) is 13. The van der Waals surface area contributed by atoms with Crippen molar-refractivity contribution < 1.29 is 33.4 Å². The van der Waals surface area contributed by atoms with Gasteiger partial charge in [-0.25, -0.2) is 9.97 Å². The van der Waals surface area contributed by atoms with Crippen LogP contribution >= 0.6 is 0 Å². The van der Waals surface area contributed by atoms with Crippen LogP contribution in [0.15, 0.2) is 55.1 Å². The van der Waals surface area contributed by atoms with Gasteiger partial charge in [-0.2, -0.15) is 5.26 Å². The Morgan fingerprint density at radius 1 is 0.946 bits per heavy atom. The fraction of sp³-hybridized carbons (Fsp3) is 0.463. The number of nitrogens with one attached hydrogen (secondary N) is 1. The number of carbonyl (C=O) groups excluding carboxylic acids is 5. The van der Waals surface area contributed by atoms with Gasteiger partial charge in [0.2, 0.25) is 11.8 Å². The molecule has 300 valence electrons. The zero-order valence-electron chi connectivity index (χ0n) is 32.7. The highest BCUT2D eigenvalue weighted by molar-refractivity contribution is 5.99. The number of rotatable bonds is 16. The number of Topliss-reactive ketones (excluding diaryl/α,β-unsaturated/α-hetero) is 3. The van der Waals surface area contributed by atoms with Gasteiger partial charge in [0.25, 0.3) is 0 Å². The minimum absolute atomic E-state index is 0.0249. The summed E-state index contributed by atoms with van der Waals surface area (Å²) in [6.45, 7) is 6.48. The van der Waals surface area contributed by atoms with E-state index in [-0.39, 0.29) is 88.5 Å². The highest BCUT2D eigenvalue weighted by Crippen LogP contribution is 2.41. The predicted octanol–water partition coefficient (Wildman–Crippen LogP) is 3.09. The molecule has 2 aromatic carbocycles. The molecule has 4 bridgehead atoms. The quantitative estimate of drug-likeness (QED) is 0.153. The number of ether oxygens (including phenoxy) is 2. The van der Waals surface area contributed by atoms with E-state index in [9.17, 15) is 24.0 Å². The normalized spacial score (nSPS) is 17.1. The highest BCUT2D eigenvalue weighted by Gasteiger charge is 2.36. The van der Waals surface area contributed by atoms with Crippen molar-refractivity contribution in [3.8, 4) is 28.7 Å². The molecule has 15 nitrogen and oxygen atoms in total. The van der Waals surface area contributed by atoms with Gasteiger partial charge in [0.05, 0.1) is 17.7 Å². The maximum atomic E-state index is 14.4. The van der Waals surface area contributed by atoms with Crippen molar-refractivity contribution >= 4 is 29.2 Å². The summed E-state index contributed by atoms with van der Waals surface area (Å²) in [5, 5.41) is 12.0. The Bertz CT molecular complexity index is 1850. The number of nitriles is 1. The van der Waals surface area contributed by atoms with Crippen molar-refractivity contribution in [1.82, 2.24) is 20.2 Å². The first-order valence-electron chi connectivity index (χ1n) is 18.9. The van der Waals surface area contributed by atoms with E-state index in [1.54, 1.807) is 37.3 Å². The third-order valence-corrected chi connectivity index (χ3v) is 9.21. The summed E-state index contributed by atoms with van der Waals surface area (Å²) in [5.41, 5.74) is 19.9. The van der Waals surface area contributed by atoms with Crippen LogP contribution in [0.3, 0.4) is 0 Å². The number of hydrogen-bond donors (Lipinski definition) is 4. The molecule has 56 heavy (non-hydrogen) atoms. The number of amides is 2. The molecule has 0 spiro atoms. The molecule has 1 aliphatic rings. The molecule has 2 heterocycles. The average molecular weight is 771 g/mol. The molecule has 0 saturated heterocycles. The van der Waals surface area contributed by atoms with E-state index in [1.807, 2.05) is 26.0 Å². The topological polar surface area (TPSA) is 247 Å². The molecule has 2 amide bonds. The maximum absolute atomic E-state index is 14.4. The zero-order valence-corrected chi connectivity index (χ0v) is 32.7. The molecular weight excluding hydrogens is 716 g/mol. The Kier molecular flexibility index (Phi) is 18.2. The van der Waals surface area contributed by atoms with Crippen LogP contribution in [0.2, 0.25) is 0 Å². The molecule has 7 N–H and O–H groups in total. The van der Waals surface area contributed by atoms with Crippen LogP contribution in [0.4, 0.5) is 0 Å². The van der Waals surface area contributed by atoms with Crippen molar-refractivity contribution in [3.63, 3.8) is 0 Å². The van der Waals surface area contributed by atoms with Crippen molar-refractivity contribution in [1.29, 1.82) is 5.26 Å². The van der Waals surface area contributed by atoms with Gasteiger partial charge in [0, 0.05) is 81.2 Å². The lowest BCUT2D eigenvalue weighted by atomic mass is 9.88. The summed E-state index contributed by atoms with van der Waals surface area (Å²) in [5.74, 6) is -3.09. The van der Waals surface area contributed by atoms with Gasteiger partial charge in [-0.1, -0.05) is 32.9 Å². The Labute approximate surface area is 328 Å². The number of benzene rings is 2. The summed E-state index contributed by atoms with van der Waals surface area (Å²) in [4.78, 5) is 78.0. The molecule has 15 heteroatoms. The van der Waals surface area contributed by atoms with E-state index < -0.39 is 41.5 Å². The first-order valence-corrected chi connectivity index (χ1v) is 18.9. The van der Waals surface area contributed by atoms with Gasteiger partial charge in [-0.3, -0.25) is 24.0 Å². The minimum Gasteiger partial charge on any atom is -0.492 e. The van der Waals surface area contributed by atoms with Crippen LogP contribution in [0.1, 0.15) is 80.4 Å². The number of fused-ring (bicyclic) bond motifs is 5. The molecule has 4 unspecified atom stereocenters. The van der Waals surface area contributed by atoms with Crippen molar-refractivity contribution in [2.24, 2.45) is 29.0 Å². The Morgan fingerprint density at radius 2 is 1.57 bits per heavy atom. The van der Waals surface area contributed by atoms with E-state index >= 15 is 0 Å². The smallest absolute Gasteiger partial charge is 0.226 e. The lowest BCUT2D eigenvalue weighted by molar-refractivity contribution is -0.142. The number of nitrogens with two attached hydrogens (primary N) is 3. The van der Waals surface area contributed by atoms with E-state index in [1.165, 1.54) is 30.7 Å². The van der Waals surface area contributed by atoms with E-state index in [0.29, 0.717) is 33.8 Å². The summed E-state index contributed by atoms with van der Waals surface area (Å²) >= 11 is 0. The molecule has 0 fully saturated rings. The lowest BCUT2D eigenvalue weighted by Gasteiger charge is -2.32. The number of carbonyl (C=O) groups is 5. The first-order chi connectivity index (χ1) is 27.0. The van der Waals surface area contributed by atoms with E-state index in [4.69, 9.17) is 31.9 Å². The van der Waals surface area contributed by atoms with Crippen LogP contribution in [-0.4, -0.2) is 90.0 Å². The van der Waals surface area contributed by atoms with Gasteiger partial charge in [0.15, 0.2) is 17.3 Å². The molecule has 1 aliphatic heterocycles. The molecule has 1 aromatic heterocycles. The van der Waals surface area contributed by atoms with E-state index in [0.717, 1.165) is 0 Å². The third-order valence-electron chi connectivity index (χ3n) is 9.21. The second-order valence-electron chi connectivity index (χ2n) is 13.2. The summed E-state index contributed by atoms with van der Waals surface area (Å²) in [6, 6.07) is 10.2. The molecule has 4 atom stereocenters. The number of likely N-dealkylation sites (N-methyl/N-ethyl adjacent to an activating group) is 1. The largest absolute Gasteiger partial charge is 0.492 e. The Hall–Kier alpha value is -5.56. The van der Waals surface area contributed by atoms with E-state index in [2.05, 4.69) is 15.3 Å². The molecule has 3 aromatic rings. The number of aromatic nitrogens is 2. The lowest BCUT2D eigenvalue weighted by Crippen LogP contribution is -2.46. The van der Waals surface area contributed by atoms with Gasteiger partial charge < -0.3 is 36.9 Å². The fourth-order valence-electron chi connectivity index (χ4n) is 6.43. The van der Waals surface area contributed by atoms with Crippen LogP contribution in [0.5, 0.6) is 11.5 Å². The monoisotopic (exact) mass is 770 g/mol. The SMILES string of the molecule is CC.CC1CC(=O)C(N(C)C(=O)C(CCN)CC(=O)c2cncnc2)c2ccc(OCCN)c(c2)-c2cc(ccc2OCCN)CC(C(=O)CCC#N)NC1=O. The Balaban J connectivity index is 0.00000414. The maximum Gasteiger partial charge on any atom is 0.226 e. The molecule has 4 rings (SSSR count). The van der Waals surface area contributed by atoms with Crippen LogP contribution < -0.4 is 32.0 Å². The van der Waals surface area contributed by atoms with Gasteiger partial charge in [0.1, 0.15) is 37.1 Å². The summed E-state index contributed by atoms with van der Waals surface area (Å²) in [6.07, 6.45) is 3.73. The molecule has 0 aliphatic carbocycles. The van der Waals surface area contributed by atoms with Crippen LogP contribution in [0, 0.1) is 23.2 Å². The van der Waals surface area contributed by atoms with Crippen LogP contribution in [0.25, 0.3) is 11.1 Å². The Morgan fingerprint density at radius 3 is 2.18 bits per heavy atom. The zero-order chi connectivity index (χ0) is 41.2. The standard InChI is InChI=1S/C39H48N8O7.C2H6/c1-24-16-34(50)37(47(2)39(52)27(9-11-41)20-33(49)28-21-44-23-45-22-28)26-6-8-36(54-15-13-43)30(19-26)29-17-25(5-7-35(29)53-14-12-42)18-31(46-38(24)51)32(48)4-3-10-40;1-2/h5-8,17,19,21-24,27,31,37H,3-4,9,11-16,18,20,41-43H2,1-2H3,(H,46,51);1-2H3. The van der Waals surface area contributed by atoms with Gasteiger partial charge >= 0.3 is 0 Å². The molecule has 0 saturated carbocycles.